The molecule has 0 aliphatic carbocycles. The van der Waals surface area contributed by atoms with Crippen molar-refractivity contribution in [3.63, 3.8) is 0 Å². The summed E-state index contributed by atoms with van der Waals surface area (Å²) in [4.78, 5) is 0. The molecule has 0 saturated heterocycles. The van der Waals surface area contributed by atoms with E-state index < -0.39 is 12.4 Å². The first-order valence-electron chi connectivity index (χ1n) is 3.69. The fraction of sp³-hybridized carbons (Fsp3) is 0.875. The van der Waals surface area contributed by atoms with Crippen molar-refractivity contribution >= 4 is 66.7 Å². The summed E-state index contributed by atoms with van der Waals surface area (Å²) >= 11 is 24.8. The van der Waals surface area contributed by atoms with Crippen LogP contribution in [0.2, 0.25) is 0 Å². The second-order valence-corrected chi connectivity index (χ2v) is 9.42. The predicted molar refractivity (Wildman–Crippen MR) is 69.2 cm³/mol. The lowest BCUT2D eigenvalue weighted by molar-refractivity contribution is 0.351. The molecule has 0 N–H and O–H groups in total. The van der Waals surface area contributed by atoms with Crippen molar-refractivity contribution < 1.29 is 0 Å². The molecule has 0 saturated carbocycles. The quantitative estimate of drug-likeness (QED) is 0.561. The Hall–Kier alpha value is 1.83. The van der Waals surface area contributed by atoms with Crippen molar-refractivity contribution in [2.75, 3.05) is 0 Å². The molecule has 0 aromatic rings. The Kier molecular flexibility index (Phi) is 4.98. The van der Waals surface area contributed by atoms with Crippen molar-refractivity contribution in [3.05, 3.63) is 5.92 Å². The lowest BCUT2D eigenvalue weighted by Gasteiger charge is -2.45. The zero-order valence-corrected chi connectivity index (χ0v) is 13.3. The summed E-state index contributed by atoms with van der Waals surface area (Å²) in [5, 5.41) is 0. The molecule has 1 radical (unpaired) electrons. The molecule has 0 aliphatic heterocycles. The van der Waals surface area contributed by atoms with Gasteiger partial charge in [-0.1, -0.05) is 94.4 Å². The van der Waals surface area contributed by atoms with Crippen LogP contribution in [0.5, 0.6) is 0 Å². The van der Waals surface area contributed by atoms with Gasteiger partial charge in [-0.05, 0) is 5.92 Å². The molecular weight excluding hydrogens is 362 g/mol. The molecule has 0 heterocycles. The van der Waals surface area contributed by atoms with E-state index in [-0.39, 0.29) is 0 Å². The van der Waals surface area contributed by atoms with Crippen LogP contribution in [0.4, 0.5) is 0 Å². The van der Waals surface area contributed by atoms with Crippen molar-refractivity contribution in [1.82, 2.24) is 0 Å². The van der Waals surface area contributed by atoms with Crippen molar-refractivity contribution in [1.29, 1.82) is 0 Å². The normalized spacial score (nSPS) is 15.2. The van der Waals surface area contributed by atoms with Crippen molar-refractivity contribution in [3.8, 4) is 0 Å². The van der Waals surface area contributed by atoms with Crippen LogP contribution >= 0.6 is 66.7 Å². The molecule has 0 spiro atoms. The average Bonchev–Trinajstić information content (AvgIpc) is 1.84. The third-order valence-electron chi connectivity index (χ3n) is 2.12. The van der Waals surface area contributed by atoms with Gasteiger partial charge in [0.1, 0.15) is 0 Å². The van der Waals surface area contributed by atoms with E-state index in [1.165, 1.54) is 0 Å². The van der Waals surface area contributed by atoms with Gasteiger partial charge in [-0.3, -0.25) is 0 Å². The second-order valence-electron chi connectivity index (χ2n) is 3.70. The van der Waals surface area contributed by atoms with Gasteiger partial charge in [-0.15, -0.1) is 0 Å². The SMILES string of the molecule is C[C](C)C(Br)(Br)C(C)(C)C(Cl)(Cl)Cl. The summed E-state index contributed by atoms with van der Waals surface area (Å²) in [6, 6.07) is 0. The van der Waals surface area contributed by atoms with E-state index in [0.29, 0.717) is 0 Å². The smallest absolute Gasteiger partial charge is 0.0830 e. The monoisotopic (exact) mass is 371 g/mol. The highest BCUT2D eigenvalue weighted by Gasteiger charge is 2.55. The van der Waals surface area contributed by atoms with E-state index >= 15 is 0 Å². The minimum Gasteiger partial charge on any atom is -0.0830 e. The molecule has 5 heteroatoms. The summed E-state index contributed by atoms with van der Waals surface area (Å²) in [7, 11) is 0. The Bertz CT molecular complexity index is 182. The van der Waals surface area contributed by atoms with Gasteiger partial charge >= 0.3 is 0 Å². The van der Waals surface area contributed by atoms with Gasteiger partial charge < -0.3 is 0 Å². The van der Waals surface area contributed by atoms with Crippen molar-refractivity contribution in [2.45, 2.75) is 34.7 Å². The molecule has 0 atom stereocenters. The third-order valence-corrected chi connectivity index (χ3v) is 7.11. The minimum absolute atomic E-state index is 0.474. The lowest BCUT2D eigenvalue weighted by atomic mass is 9.85. The Morgan fingerprint density at radius 3 is 1.38 bits per heavy atom. The van der Waals surface area contributed by atoms with Gasteiger partial charge in [0.25, 0.3) is 0 Å². The molecular formula is C8H12Br2Cl3. The van der Waals surface area contributed by atoms with Gasteiger partial charge in [0.05, 0.1) is 3.23 Å². The fourth-order valence-corrected chi connectivity index (χ4v) is 2.51. The summed E-state index contributed by atoms with van der Waals surface area (Å²) in [6.07, 6.45) is 0. The van der Waals surface area contributed by atoms with E-state index in [1.807, 2.05) is 27.7 Å². The van der Waals surface area contributed by atoms with Crippen LogP contribution in [0.25, 0.3) is 0 Å². The highest BCUT2D eigenvalue weighted by atomic mass is 79.9. The van der Waals surface area contributed by atoms with Crippen LogP contribution in [0, 0.1) is 11.3 Å². The first-order chi connectivity index (χ1) is 5.44. The fourth-order valence-electron chi connectivity index (χ4n) is 0.803. The summed E-state index contributed by atoms with van der Waals surface area (Å²) < 4.78 is -1.81. The maximum Gasteiger partial charge on any atom is 0.197 e. The number of halogens is 5. The van der Waals surface area contributed by atoms with Gasteiger partial charge in [0, 0.05) is 5.41 Å². The van der Waals surface area contributed by atoms with Crippen LogP contribution in [-0.4, -0.2) is 7.03 Å². The Morgan fingerprint density at radius 2 is 1.31 bits per heavy atom. The van der Waals surface area contributed by atoms with Crippen LogP contribution < -0.4 is 0 Å². The molecule has 0 rings (SSSR count). The Labute approximate surface area is 112 Å². The molecule has 0 fully saturated rings. The van der Waals surface area contributed by atoms with E-state index in [9.17, 15) is 0 Å². The summed E-state index contributed by atoms with van der Waals surface area (Å²) in [5.41, 5.74) is -0.552. The molecule has 13 heavy (non-hydrogen) atoms. The van der Waals surface area contributed by atoms with Gasteiger partial charge in [0.15, 0.2) is 3.79 Å². The summed E-state index contributed by atoms with van der Waals surface area (Å²) in [5.74, 6) is 1.10. The van der Waals surface area contributed by atoms with Gasteiger partial charge in [-0.25, -0.2) is 0 Å². The van der Waals surface area contributed by atoms with E-state index in [4.69, 9.17) is 34.8 Å². The maximum absolute atomic E-state index is 5.91. The van der Waals surface area contributed by atoms with Gasteiger partial charge in [0.2, 0.25) is 0 Å². The number of alkyl halides is 5. The third kappa shape index (κ3) is 2.90. The minimum atomic E-state index is -1.34. The maximum atomic E-state index is 5.91. The highest BCUT2D eigenvalue weighted by Crippen LogP contribution is 2.60. The summed E-state index contributed by atoms with van der Waals surface area (Å²) in [6.45, 7) is 7.72. The molecule has 0 unspecified atom stereocenters. The van der Waals surface area contributed by atoms with E-state index in [2.05, 4.69) is 31.9 Å². The molecule has 0 aliphatic rings. The van der Waals surface area contributed by atoms with Gasteiger partial charge in [-0.2, -0.15) is 0 Å². The van der Waals surface area contributed by atoms with E-state index in [0.717, 1.165) is 5.92 Å². The second kappa shape index (κ2) is 4.37. The Morgan fingerprint density at radius 1 is 1.00 bits per heavy atom. The molecule has 0 bridgehead atoms. The molecule has 79 valence electrons. The number of rotatable bonds is 2. The number of hydrogen-bond acceptors (Lipinski definition) is 0. The lowest BCUT2D eigenvalue weighted by Crippen LogP contribution is -2.46. The topological polar surface area (TPSA) is 0 Å². The van der Waals surface area contributed by atoms with E-state index in [1.54, 1.807) is 0 Å². The largest absolute Gasteiger partial charge is 0.197 e. The van der Waals surface area contributed by atoms with Crippen LogP contribution in [0.15, 0.2) is 0 Å². The highest BCUT2D eigenvalue weighted by molar-refractivity contribution is 9.25. The predicted octanol–water partition coefficient (Wildman–Crippen LogP) is 5.48. The van der Waals surface area contributed by atoms with Crippen LogP contribution in [-0.2, 0) is 0 Å². The molecule has 0 nitrogen and oxygen atoms in total. The zero-order valence-electron chi connectivity index (χ0n) is 7.89. The Balaban J connectivity index is 5.04. The molecule has 0 amide bonds. The van der Waals surface area contributed by atoms with Crippen LogP contribution in [0.3, 0.4) is 0 Å². The zero-order chi connectivity index (χ0) is 11.1. The number of hydrogen-bond donors (Lipinski definition) is 0. The average molecular weight is 374 g/mol. The molecule has 0 aromatic heterocycles. The standard InChI is InChI=1S/C8H12Br2Cl3/c1-5(2)7(9,10)6(3,4)8(11,12)13/h1-4H3. The van der Waals surface area contributed by atoms with Crippen molar-refractivity contribution in [2.24, 2.45) is 5.41 Å². The van der Waals surface area contributed by atoms with Crippen LogP contribution in [0.1, 0.15) is 27.7 Å². The first kappa shape index (κ1) is 14.8. The molecule has 0 aromatic carbocycles. The first-order valence-corrected chi connectivity index (χ1v) is 6.41.